The molecule has 0 aromatic rings. The zero-order valence-corrected chi connectivity index (χ0v) is 17.5. The van der Waals surface area contributed by atoms with Crippen molar-refractivity contribution >= 4 is 23.6 Å². The van der Waals surface area contributed by atoms with Crippen LogP contribution in [0.2, 0.25) is 0 Å². The summed E-state index contributed by atoms with van der Waals surface area (Å²) in [6.45, 7) is 7.11. The van der Waals surface area contributed by atoms with Crippen molar-refractivity contribution in [3.63, 3.8) is 0 Å². The minimum Gasteiger partial charge on any atom is -0.444 e. The fourth-order valence-electron chi connectivity index (χ4n) is 3.63. The van der Waals surface area contributed by atoms with Crippen LogP contribution in [0.5, 0.6) is 0 Å². The lowest BCUT2D eigenvalue weighted by Gasteiger charge is -2.35. The van der Waals surface area contributed by atoms with Crippen molar-refractivity contribution in [3.05, 3.63) is 21.1 Å². The number of likely N-dealkylation sites (tertiary alicyclic amines) is 1. The molecule has 0 aromatic heterocycles. The van der Waals surface area contributed by atoms with Crippen molar-refractivity contribution in [1.29, 1.82) is 0 Å². The third-order valence-corrected chi connectivity index (χ3v) is 6.53. The number of nitrogens with one attached hydrogen (secondary N) is 1. The largest absolute Gasteiger partial charge is 0.444 e. The SMILES string of the molecule is CC(C)(C)OC(=O)NC1CCN(CC2([N+](=O)[O-])CC(C(=O)C3CC3)=CS2)CC1. The van der Waals surface area contributed by atoms with Crippen molar-refractivity contribution < 1.29 is 19.2 Å². The fourth-order valence-corrected chi connectivity index (χ4v) is 4.78. The van der Waals surface area contributed by atoms with E-state index in [2.05, 4.69) is 10.2 Å². The quantitative estimate of drug-likeness (QED) is 0.529. The Kier molecular flexibility index (Phi) is 6.05. The zero-order chi connectivity index (χ0) is 20.5. The monoisotopic (exact) mass is 411 g/mol. The molecule has 1 aliphatic carbocycles. The molecule has 1 N–H and O–H groups in total. The Balaban J connectivity index is 1.49. The first-order valence-electron chi connectivity index (χ1n) is 9.85. The number of ketones is 1. The summed E-state index contributed by atoms with van der Waals surface area (Å²) >= 11 is 1.18. The van der Waals surface area contributed by atoms with E-state index >= 15 is 0 Å². The van der Waals surface area contributed by atoms with E-state index in [0.29, 0.717) is 25.2 Å². The molecule has 156 valence electrons. The summed E-state index contributed by atoms with van der Waals surface area (Å²) in [4.78, 5) is 36.7. The molecule has 1 unspecified atom stereocenters. The second-order valence-electron chi connectivity index (χ2n) is 8.98. The average Bonchev–Trinajstić information content (AvgIpc) is 3.35. The summed E-state index contributed by atoms with van der Waals surface area (Å²) in [6, 6.07) is 0.0130. The van der Waals surface area contributed by atoms with Crippen LogP contribution in [0.3, 0.4) is 0 Å². The van der Waals surface area contributed by atoms with Crippen LogP contribution < -0.4 is 5.32 Å². The fraction of sp³-hybridized carbons (Fsp3) is 0.789. The van der Waals surface area contributed by atoms with Gasteiger partial charge in [-0.2, -0.15) is 0 Å². The van der Waals surface area contributed by atoms with Gasteiger partial charge in [0.25, 0.3) is 4.87 Å². The highest BCUT2D eigenvalue weighted by Crippen LogP contribution is 2.45. The van der Waals surface area contributed by atoms with E-state index in [1.807, 2.05) is 20.8 Å². The van der Waals surface area contributed by atoms with E-state index < -0.39 is 16.6 Å². The lowest BCUT2D eigenvalue weighted by molar-refractivity contribution is -0.537. The minimum absolute atomic E-state index is 0.0130. The van der Waals surface area contributed by atoms with Crippen LogP contribution in [0.1, 0.15) is 52.9 Å². The second kappa shape index (κ2) is 8.02. The van der Waals surface area contributed by atoms with Crippen molar-refractivity contribution in [2.24, 2.45) is 5.92 Å². The summed E-state index contributed by atoms with van der Waals surface area (Å²) in [5.74, 6) is 0.181. The van der Waals surface area contributed by atoms with Gasteiger partial charge in [-0.15, -0.1) is 0 Å². The Morgan fingerprint density at radius 2 is 1.96 bits per heavy atom. The third kappa shape index (κ3) is 5.26. The number of carbonyl (C=O) groups excluding carboxylic acids is 2. The van der Waals surface area contributed by atoms with Gasteiger partial charge in [0.1, 0.15) is 5.60 Å². The molecule has 2 fully saturated rings. The molecule has 28 heavy (non-hydrogen) atoms. The molecule has 2 heterocycles. The van der Waals surface area contributed by atoms with Gasteiger partial charge in [-0.05, 0) is 63.6 Å². The molecule has 3 aliphatic rings. The molecule has 1 atom stereocenters. The molecule has 0 bridgehead atoms. The lowest BCUT2D eigenvalue weighted by atomic mass is 9.99. The maximum absolute atomic E-state index is 12.3. The molecule has 0 spiro atoms. The first-order chi connectivity index (χ1) is 13.1. The molecule has 1 saturated carbocycles. The van der Waals surface area contributed by atoms with E-state index in [4.69, 9.17) is 4.74 Å². The second-order valence-corrected chi connectivity index (χ2v) is 10.2. The van der Waals surface area contributed by atoms with Crippen molar-refractivity contribution in [1.82, 2.24) is 10.2 Å². The van der Waals surface area contributed by atoms with Crippen LogP contribution in [-0.4, -0.2) is 57.8 Å². The molecule has 9 heteroatoms. The van der Waals surface area contributed by atoms with Gasteiger partial charge in [0.2, 0.25) is 0 Å². The normalized spacial score (nSPS) is 26.6. The van der Waals surface area contributed by atoms with E-state index in [9.17, 15) is 19.7 Å². The molecule has 2 aliphatic heterocycles. The summed E-state index contributed by atoms with van der Waals surface area (Å²) < 4.78 is 5.29. The minimum atomic E-state index is -1.18. The van der Waals surface area contributed by atoms with Crippen LogP contribution in [0, 0.1) is 16.0 Å². The number of hydrogen-bond donors (Lipinski definition) is 1. The first-order valence-corrected chi connectivity index (χ1v) is 10.7. The number of nitrogens with zero attached hydrogens (tertiary/aromatic N) is 2. The summed E-state index contributed by atoms with van der Waals surface area (Å²) in [5, 5.41) is 16.4. The van der Waals surface area contributed by atoms with Crippen LogP contribution in [0.25, 0.3) is 0 Å². The van der Waals surface area contributed by atoms with Crippen molar-refractivity contribution in [3.8, 4) is 0 Å². The number of Topliss-reactive ketones (excluding diaryl/α,β-unsaturated/α-hetero) is 1. The van der Waals surface area contributed by atoms with Gasteiger partial charge in [0.15, 0.2) is 5.78 Å². The number of hydrogen-bond acceptors (Lipinski definition) is 7. The van der Waals surface area contributed by atoms with Gasteiger partial charge >= 0.3 is 6.09 Å². The number of carbonyl (C=O) groups is 2. The smallest absolute Gasteiger partial charge is 0.407 e. The average molecular weight is 412 g/mol. The number of piperidine rings is 1. The Hall–Kier alpha value is -1.61. The maximum atomic E-state index is 12.3. The standard InChI is InChI=1S/C19H29N3O5S/c1-18(2,3)27-17(24)20-15-6-8-21(9-7-15)12-19(22(25)26)10-14(11-28-19)16(23)13-4-5-13/h11,13,15H,4-10,12H2,1-3H3,(H,20,24). The van der Waals surface area contributed by atoms with Crippen LogP contribution in [-0.2, 0) is 9.53 Å². The van der Waals surface area contributed by atoms with Crippen LogP contribution >= 0.6 is 11.8 Å². The van der Waals surface area contributed by atoms with E-state index in [0.717, 1.165) is 25.7 Å². The number of ether oxygens (including phenoxy) is 1. The number of alkyl carbamates (subject to hydrolysis) is 1. The summed E-state index contributed by atoms with van der Waals surface area (Å²) in [7, 11) is 0. The highest BCUT2D eigenvalue weighted by Gasteiger charge is 2.51. The molecule has 3 rings (SSSR count). The number of thioether (sulfide) groups is 1. The highest BCUT2D eigenvalue weighted by atomic mass is 32.2. The van der Waals surface area contributed by atoms with Crippen molar-refractivity contribution in [2.75, 3.05) is 19.6 Å². The Morgan fingerprint density at radius 3 is 2.50 bits per heavy atom. The van der Waals surface area contributed by atoms with Crippen molar-refractivity contribution in [2.45, 2.75) is 69.4 Å². The van der Waals surface area contributed by atoms with E-state index in [-0.39, 0.29) is 29.1 Å². The summed E-state index contributed by atoms with van der Waals surface area (Å²) in [5.41, 5.74) is 0.0798. The van der Waals surface area contributed by atoms with Gasteiger partial charge < -0.3 is 10.1 Å². The molecular weight excluding hydrogens is 382 g/mol. The molecule has 0 aromatic carbocycles. The van der Waals surface area contributed by atoms with Gasteiger partial charge in [-0.1, -0.05) is 0 Å². The van der Waals surface area contributed by atoms with E-state index in [1.54, 1.807) is 5.41 Å². The number of nitro groups is 1. The molecule has 1 amide bonds. The molecule has 0 radical (unpaired) electrons. The van der Waals surface area contributed by atoms with Gasteiger partial charge in [-0.3, -0.25) is 19.8 Å². The topological polar surface area (TPSA) is 102 Å². The Labute approximate surface area is 169 Å². The Morgan fingerprint density at radius 1 is 1.32 bits per heavy atom. The van der Waals surface area contributed by atoms with Crippen LogP contribution in [0.4, 0.5) is 4.79 Å². The predicted octanol–water partition coefficient (Wildman–Crippen LogP) is 2.95. The lowest BCUT2D eigenvalue weighted by Crippen LogP contribution is -2.51. The molecular formula is C19H29N3O5S. The zero-order valence-electron chi connectivity index (χ0n) is 16.7. The number of rotatable bonds is 6. The van der Waals surface area contributed by atoms with Crippen LogP contribution in [0.15, 0.2) is 11.0 Å². The molecule has 8 nitrogen and oxygen atoms in total. The third-order valence-electron chi connectivity index (χ3n) is 5.26. The first kappa shape index (κ1) is 21.1. The van der Waals surface area contributed by atoms with Gasteiger partial charge in [-0.25, -0.2) is 4.79 Å². The van der Waals surface area contributed by atoms with Gasteiger partial charge in [0.05, 0.1) is 13.0 Å². The van der Waals surface area contributed by atoms with Gasteiger partial charge in [0, 0.05) is 35.5 Å². The number of amides is 1. The highest BCUT2D eigenvalue weighted by molar-refractivity contribution is 8.03. The van der Waals surface area contributed by atoms with E-state index in [1.165, 1.54) is 11.8 Å². The maximum Gasteiger partial charge on any atom is 0.407 e. The predicted molar refractivity (Wildman–Crippen MR) is 107 cm³/mol. The molecule has 1 saturated heterocycles. The Bertz CT molecular complexity index is 678. The summed E-state index contributed by atoms with van der Waals surface area (Å²) in [6.07, 6.45) is 3.04.